The van der Waals surface area contributed by atoms with Gasteiger partial charge in [-0.15, -0.1) is 0 Å². The molecule has 0 aromatic rings. The van der Waals surface area contributed by atoms with Crippen molar-refractivity contribution in [2.75, 3.05) is 26.9 Å². The molecule has 0 saturated carbocycles. The molecule has 184 valence electrons. The van der Waals surface area contributed by atoms with Gasteiger partial charge in [0, 0.05) is 13.7 Å². The third-order valence-corrected chi connectivity index (χ3v) is 5.63. The molecule has 0 amide bonds. The van der Waals surface area contributed by atoms with Crippen LogP contribution in [0.25, 0.3) is 0 Å². The number of hydrogen-bond acceptors (Lipinski definition) is 3. The van der Waals surface area contributed by atoms with Crippen molar-refractivity contribution in [2.24, 2.45) is 0 Å². The van der Waals surface area contributed by atoms with Crippen LogP contribution in [0.15, 0.2) is 24.3 Å². The molecule has 0 fully saturated rings. The number of hydrogen-bond donors (Lipinski definition) is 1. The Hall–Kier alpha value is -0.640. The van der Waals surface area contributed by atoms with Crippen molar-refractivity contribution < 1.29 is 14.6 Å². The first-order valence-corrected chi connectivity index (χ1v) is 13.4. The van der Waals surface area contributed by atoms with Gasteiger partial charge in [-0.2, -0.15) is 0 Å². The fourth-order valence-electron chi connectivity index (χ4n) is 3.67. The summed E-state index contributed by atoms with van der Waals surface area (Å²) in [6.07, 6.45) is 32.7. The number of aliphatic hydroxyl groups excluding tert-OH is 1. The molecule has 0 heterocycles. The van der Waals surface area contributed by atoms with Crippen molar-refractivity contribution in [1.29, 1.82) is 0 Å². The van der Waals surface area contributed by atoms with Crippen molar-refractivity contribution in [3.8, 4) is 0 Å². The van der Waals surface area contributed by atoms with Gasteiger partial charge in [-0.1, -0.05) is 89.0 Å². The minimum Gasteiger partial charge on any atom is -0.388 e. The molecule has 0 aliphatic rings. The predicted octanol–water partition coefficient (Wildman–Crippen LogP) is 8.16. The minimum absolute atomic E-state index is 0.349. The summed E-state index contributed by atoms with van der Waals surface area (Å²) >= 11 is 0. The first-order chi connectivity index (χ1) is 15.3. The lowest BCUT2D eigenvalue weighted by Crippen LogP contribution is -2.21. The van der Waals surface area contributed by atoms with E-state index in [1.54, 1.807) is 7.11 Å². The van der Waals surface area contributed by atoms with Gasteiger partial charge in [-0.05, 0) is 57.8 Å². The van der Waals surface area contributed by atoms with Crippen LogP contribution in [0.5, 0.6) is 0 Å². The quantitative estimate of drug-likeness (QED) is 0.115. The fourth-order valence-corrected chi connectivity index (χ4v) is 3.67. The summed E-state index contributed by atoms with van der Waals surface area (Å²) < 4.78 is 10.3. The molecule has 0 rings (SSSR count). The van der Waals surface area contributed by atoms with Crippen LogP contribution in [0.3, 0.4) is 0 Å². The van der Waals surface area contributed by atoms with Gasteiger partial charge in [0.15, 0.2) is 0 Å². The molecular formula is C28H54O3. The van der Waals surface area contributed by atoms with Crippen LogP contribution < -0.4 is 0 Å². The number of aliphatic hydroxyl groups is 1. The van der Waals surface area contributed by atoms with Gasteiger partial charge in [0.2, 0.25) is 0 Å². The van der Waals surface area contributed by atoms with E-state index in [0.717, 1.165) is 13.0 Å². The van der Waals surface area contributed by atoms with Gasteiger partial charge in [-0.3, -0.25) is 0 Å². The normalized spacial score (nSPS) is 13.0. The second kappa shape index (κ2) is 27.4. The maximum atomic E-state index is 9.47. The highest BCUT2D eigenvalue weighted by molar-refractivity contribution is 4.82. The standard InChI is InChI=1S/C28H54O3/c1-3-4-5-6-7-8-9-10-11-12-13-14-15-16-17-18-19-20-21-22-23-24-25-31-27-28(29)26-30-2/h7-8,19-20,28-29H,3-6,9-18,21-27H2,1-2H3/b8-7-,20-19-/t28-/m0/s1. The number of rotatable bonds is 25. The molecule has 3 nitrogen and oxygen atoms in total. The van der Waals surface area contributed by atoms with E-state index in [9.17, 15) is 5.11 Å². The molecule has 31 heavy (non-hydrogen) atoms. The Morgan fingerprint density at radius 2 is 1.00 bits per heavy atom. The lowest BCUT2D eigenvalue weighted by Gasteiger charge is -2.09. The van der Waals surface area contributed by atoms with Gasteiger partial charge in [0.1, 0.15) is 6.10 Å². The number of allylic oxidation sites excluding steroid dienone is 4. The SMILES string of the molecule is CCCCC/C=C\CCCCCCCCCC/C=C\CCCCCOC[C@@H](O)COC. The molecule has 1 N–H and O–H groups in total. The first-order valence-electron chi connectivity index (χ1n) is 13.4. The molecule has 0 aromatic carbocycles. The second-order valence-corrected chi connectivity index (χ2v) is 8.88. The molecule has 0 aliphatic carbocycles. The zero-order valence-corrected chi connectivity index (χ0v) is 21.0. The third-order valence-electron chi connectivity index (χ3n) is 5.63. The maximum Gasteiger partial charge on any atom is 0.101 e. The van der Waals surface area contributed by atoms with Crippen LogP contribution in [0.1, 0.15) is 122 Å². The Kier molecular flexibility index (Phi) is 26.8. The van der Waals surface area contributed by atoms with Crippen molar-refractivity contribution in [3.05, 3.63) is 24.3 Å². The van der Waals surface area contributed by atoms with Crippen LogP contribution >= 0.6 is 0 Å². The summed E-state index contributed by atoms with van der Waals surface area (Å²) in [7, 11) is 1.59. The summed E-state index contributed by atoms with van der Waals surface area (Å²) in [6, 6.07) is 0. The Labute approximate surface area is 194 Å². The van der Waals surface area contributed by atoms with E-state index < -0.39 is 6.10 Å². The summed E-state index contributed by atoms with van der Waals surface area (Å²) in [4.78, 5) is 0. The third kappa shape index (κ3) is 27.3. The largest absolute Gasteiger partial charge is 0.388 e. The van der Waals surface area contributed by atoms with E-state index in [0.29, 0.717) is 13.2 Å². The molecule has 0 aliphatic heterocycles. The van der Waals surface area contributed by atoms with Crippen LogP contribution in [-0.4, -0.2) is 38.1 Å². The molecule has 1 atom stereocenters. The highest BCUT2D eigenvalue weighted by Gasteiger charge is 2.02. The van der Waals surface area contributed by atoms with E-state index in [2.05, 4.69) is 31.2 Å². The summed E-state index contributed by atoms with van der Waals surface area (Å²) in [5.41, 5.74) is 0. The van der Waals surface area contributed by atoms with Crippen molar-refractivity contribution in [3.63, 3.8) is 0 Å². The monoisotopic (exact) mass is 438 g/mol. The summed E-state index contributed by atoms with van der Waals surface area (Å²) in [5, 5.41) is 9.47. The Morgan fingerprint density at radius 3 is 1.45 bits per heavy atom. The molecule has 0 spiro atoms. The Balaban J connectivity index is 3.15. The predicted molar refractivity (Wildman–Crippen MR) is 136 cm³/mol. The topological polar surface area (TPSA) is 38.7 Å². The summed E-state index contributed by atoms with van der Waals surface area (Å²) in [6.45, 7) is 3.73. The van der Waals surface area contributed by atoms with Gasteiger partial charge < -0.3 is 14.6 Å². The van der Waals surface area contributed by atoms with Crippen LogP contribution in [-0.2, 0) is 9.47 Å². The molecule has 0 aromatic heterocycles. The zero-order valence-electron chi connectivity index (χ0n) is 21.0. The maximum absolute atomic E-state index is 9.47. The van der Waals surface area contributed by atoms with Gasteiger partial charge in [0.25, 0.3) is 0 Å². The second-order valence-electron chi connectivity index (χ2n) is 8.88. The number of methoxy groups -OCH3 is 1. The lowest BCUT2D eigenvalue weighted by atomic mass is 10.1. The minimum atomic E-state index is -0.495. The Bertz CT molecular complexity index is 378. The Morgan fingerprint density at radius 1 is 0.581 bits per heavy atom. The average molecular weight is 439 g/mol. The molecule has 0 saturated heterocycles. The van der Waals surface area contributed by atoms with Crippen molar-refractivity contribution in [1.82, 2.24) is 0 Å². The van der Waals surface area contributed by atoms with Crippen molar-refractivity contribution >= 4 is 0 Å². The lowest BCUT2D eigenvalue weighted by molar-refractivity contribution is -0.00681. The highest BCUT2D eigenvalue weighted by Crippen LogP contribution is 2.12. The zero-order chi connectivity index (χ0) is 22.7. The molecule has 0 unspecified atom stereocenters. The van der Waals surface area contributed by atoms with E-state index in [1.807, 2.05) is 0 Å². The average Bonchev–Trinajstić information content (AvgIpc) is 2.77. The molecule has 0 radical (unpaired) electrons. The number of ether oxygens (including phenoxy) is 2. The van der Waals surface area contributed by atoms with E-state index in [-0.39, 0.29) is 0 Å². The van der Waals surface area contributed by atoms with Gasteiger partial charge in [0.05, 0.1) is 13.2 Å². The van der Waals surface area contributed by atoms with Crippen LogP contribution in [0.4, 0.5) is 0 Å². The van der Waals surface area contributed by atoms with E-state index in [1.165, 1.54) is 109 Å². The fraction of sp³-hybridized carbons (Fsp3) is 0.857. The van der Waals surface area contributed by atoms with Crippen LogP contribution in [0.2, 0.25) is 0 Å². The van der Waals surface area contributed by atoms with Crippen LogP contribution in [0, 0.1) is 0 Å². The van der Waals surface area contributed by atoms with Gasteiger partial charge >= 0.3 is 0 Å². The molecular weight excluding hydrogens is 384 g/mol. The molecule has 0 bridgehead atoms. The summed E-state index contributed by atoms with van der Waals surface area (Å²) in [5.74, 6) is 0. The number of unbranched alkanes of at least 4 members (excludes halogenated alkanes) is 15. The first kappa shape index (κ1) is 30.4. The van der Waals surface area contributed by atoms with Crippen molar-refractivity contribution in [2.45, 2.75) is 129 Å². The van der Waals surface area contributed by atoms with E-state index in [4.69, 9.17) is 9.47 Å². The highest BCUT2D eigenvalue weighted by atomic mass is 16.5. The van der Waals surface area contributed by atoms with E-state index >= 15 is 0 Å². The van der Waals surface area contributed by atoms with Gasteiger partial charge in [-0.25, -0.2) is 0 Å². The smallest absolute Gasteiger partial charge is 0.101 e. The molecule has 3 heteroatoms.